The molecule has 84 valence electrons. The molecule has 0 aliphatic carbocycles. The fraction of sp³-hybridized carbons (Fsp3) is 0.286. The fourth-order valence-corrected chi connectivity index (χ4v) is 1.85. The Balaban J connectivity index is 2.28. The van der Waals surface area contributed by atoms with Gasteiger partial charge in [-0.05, 0) is 23.4 Å². The van der Waals surface area contributed by atoms with Crippen LogP contribution in [0.3, 0.4) is 0 Å². The lowest BCUT2D eigenvalue weighted by Crippen LogP contribution is -2.00. The number of halogens is 1. The molecule has 16 heavy (non-hydrogen) atoms. The van der Waals surface area contributed by atoms with E-state index in [1.165, 1.54) is 11.8 Å². The third-order valence-electron chi connectivity index (χ3n) is 1.66. The number of nitrogens with one attached hydrogen (secondary N) is 1. The molecule has 0 radical (unpaired) electrons. The Bertz CT molecular complexity index is 499. The van der Waals surface area contributed by atoms with Gasteiger partial charge in [0, 0.05) is 14.1 Å². The number of nitrogens with zero attached hydrogens (tertiary/aromatic N) is 6. The van der Waals surface area contributed by atoms with E-state index in [0.717, 1.165) is 0 Å². The molecule has 0 aromatic carbocycles. The van der Waals surface area contributed by atoms with Gasteiger partial charge in [0.25, 0.3) is 0 Å². The maximum atomic E-state index is 5.75. The summed E-state index contributed by atoms with van der Waals surface area (Å²) in [6.07, 6.45) is 1.60. The molecule has 2 aromatic heterocycles. The van der Waals surface area contributed by atoms with Gasteiger partial charge in [-0.25, -0.2) is 0 Å². The van der Waals surface area contributed by atoms with Gasteiger partial charge in [-0.1, -0.05) is 0 Å². The second kappa shape index (κ2) is 4.62. The van der Waals surface area contributed by atoms with Crippen LogP contribution in [0.2, 0.25) is 5.28 Å². The Morgan fingerprint density at radius 1 is 1.38 bits per heavy atom. The molecular weight excluding hydrogens is 250 g/mol. The van der Waals surface area contributed by atoms with Crippen molar-refractivity contribution in [2.24, 2.45) is 7.05 Å². The van der Waals surface area contributed by atoms with Gasteiger partial charge in [0.15, 0.2) is 5.16 Å². The van der Waals surface area contributed by atoms with Crippen LogP contribution in [0.15, 0.2) is 16.6 Å². The first-order valence-electron chi connectivity index (χ1n) is 4.30. The van der Waals surface area contributed by atoms with Crippen LogP contribution in [-0.2, 0) is 7.05 Å². The Kier molecular flexibility index (Phi) is 3.20. The summed E-state index contributed by atoms with van der Waals surface area (Å²) < 4.78 is 1.77. The molecule has 0 amide bonds. The van der Waals surface area contributed by atoms with Gasteiger partial charge in [-0.2, -0.15) is 15.0 Å². The molecule has 1 N–H and O–H groups in total. The first-order valence-corrected chi connectivity index (χ1v) is 5.49. The third kappa shape index (κ3) is 2.39. The minimum atomic E-state index is 0.143. The molecule has 0 fully saturated rings. The minimum absolute atomic E-state index is 0.143. The number of rotatable bonds is 3. The molecule has 0 atom stereocenters. The summed E-state index contributed by atoms with van der Waals surface area (Å²) >= 11 is 7.02. The highest BCUT2D eigenvalue weighted by Gasteiger charge is 2.09. The van der Waals surface area contributed by atoms with Crippen molar-refractivity contribution in [2.45, 2.75) is 10.3 Å². The van der Waals surface area contributed by atoms with Crippen LogP contribution in [0.25, 0.3) is 0 Å². The fourth-order valence-electron chi connectivity index (χ4n) is 0.936. The molecule has 2 rings (SSSR count). The summed E-state index contributed by atoms with van der Waals surface area (Å²) in [6, 6.07) is 0. The summed E-state index contributed by atoms with van der Waals surface area (Å²) in [4.78, 5) is 12.0. The Hall–Kier alpha value is -1.41. The average molecular weight is 258 g/mol. The number of aromatic nitrogens is 6. The van der Waals surface area contributed by atoms with E-state index in [0.29, 0.717) is 16.3 Å². The van der Waals surface area contributed by atoms with Crippen LogP contribution in [-0.4, -0.2) is 36.8 Å². The molecular formula is C7H8ClN7S. The van der Waals surface area contributed by atoms with E-state index in [9.17, 15) is 0 Å². The van der Waals surface area contributed by atoms with Crippen LogP contribution >= 0.6 is 23.4 Å². The van der Waals surface area contributed by atoms with Crippen LogP contribution in [0.4, 0.5) is 5.95 Å². The second-order valence-corrected chi connectivity index (χ2v) is 4.06. The summed E-state index contributed by atoms with van der Waals surface area (Å²) in [7, 11) is 3.55. The number of aryl methyl sites for hydroxylation is 1. The topological polar surface area (TPSA) is 81.4 Å². The van der Waals surface area contributed by atoms with Crippen molar-refractivity contribution >= 4 is 29.3 Å². The van der Waals surface area contributed by atoms with Crippen LogP contribution in [0.5, 0.6) is 0 Å². The van der Waals surface area contributed by atoms with Crippen molar-refractivity contribution in [3.63, 3.8) is 0 Å². The van der Waals surface area contributed by atoms with Crippen molar-refractivity contribution in [2.75, 3.05) is 12.4 Å². The van der Waals surface area contributed by atoms with E-state index in [1.807, 2.05) is 7.05 Å². The third-order valence-corrected chi connectivity index (χ3v) is 2.75. The predicted molar refractivity (Wildman–Crippen MR) is 59.5 cm³/mol. The molecule has 0 unspecified atom stereocenters. The first-order chi connectivity index (χ1) is 7.69. The highest BCUT2D eigenvalue weighted by molar-refractivity contribution is 7.99. The van der Waals surface area contributed by atoms with Crippen molar-refractivity contribution in [3.8, 4) is 0 Å². The molecule has 0 saturated carbocycles. The van der Waals surface area contributed by atoms with E-state index >= 15 is 0 Å². The lowest BCUT2D eigenvalue weighted by atomic mass is 10.9. The zero-order chi connectivity index (χ0) is 11.5. The average Bonchev–Trinajstić information content (AvgIpc) is 2.63. The van der Waals surface area contributed by atoms with Gasteiger partial charge < -0.3 is 9.88 Å². The molecule has 7 nitrogen and oxygen atoms in total. The molecule has 0 spiro atoms. The summed E-state index contributed by atoms with van der Waals surface area (Å²) in [5.74, 6) is 0.421. The summed E-state index contributed by atoms with van der Waals surface area (Å²) in [5.41, 5.74) is 0. The van der Waals surface area contributed by atoms with Crippen molar-refractivity contribution in [1.82, 2.24) is 29.7 Å². The zero-order valence-corrected chi connectivity index (χ0v) is 10.1. The maximum absolute atomic E-state index is 5.75. The normalized spacial score (nSPS) is 10.4. The highest BCUT2D eigenvalue weighted by Crippen LogP contribution is 2.23. The van der Waals surface area contributed by atoms with E-state index in [2.05, 4.69) is 30.5 Å². The van der Waals surface area contributed by atoms with Crippen LogP contribution < -0.4 is 5.32 Å². The van der Waals surface area contributed by atoms with Crippen molar-refractivity contribution in [3.05, 3.63) is 11.6 Å². The predicted octanol–water partition coefficient (Wildman–Crippen LogP) is 0.846. The number of hydrogen-bond acceptors (Lipinski definition) is 7. The Morgan fingerprint density at radius 3 is 2.81 bits per heavy atom. The molecule has 0 aliphatic heterocycles. The van der Waals surface area contributed by atoms with Gasteiger partial charge >= 0.3 is 0 Å². The quantitative estimate of drug-likeness (QED) is 0.873. The number of hydrogen-bond donors (Lipinski definition) is 1. The number of anilines is 1. The van der Waals surface area contributed by atoms with E-state index in [-0.39, 0.29) is 5.28 Å². The molecule has 0 aliphatic rings. The summed E-state index contributed by atoms with van der Waals surface area (Å²) in [6.45, 7) is 0. The first kappa shape index (κ1) is 11.1. The highest BCUT2D eigenvalue weighted by atomic mass is 35.5. The largest absolute Gasteiger partial charge is 0.357 e. The summed E-state index contributed by atoms with van der Waals surface area (Å²) in [5, 5.41) is 11.8. The zero-order valence-electron chi connectivity index (χ0n) is 8.55. The van der Waals surface area contributed by atoms with E-state index in [4.69, 9.17) is 11.6 Å². The smallest absolute Gasteiger partial charge is 0.228 e. The molecule has 0 bridgehead atoms. The second-order valence-electron chi connectivity index (χ2n) is 2.79. The van der Waals surface area contributed by atoms with E-state index < -0.39 is 0 Å². The SMILES string of the molecule is CNc1nc(Cl)nc(Sc2nncn2C)n1. The monoisotopic (exact) mass is 257 g/mol. The van der Waals surface area contributed by atoms with Crippen molar-refractivity contribution in [1.29, 1.82) is 0 Å². The Morgan fingerprint density at radius 2 is 2.19 bits per heavy atom. The van der Waals surface area contributed by atoms with Crippen LogP contribution in [0.1, 0.15) is 0 Å². The minimum Gasteiger partial charge on any atom is -0.357 e. The molecule has 0 saturated heterocycles. The van der Waals surface area contributed by atoms with Gasteiger partial charge in [-0.3, -0.25) is 0 Å². The Labute approximate surface area is 101 Å². The molecule has 2 aromatic rings. The van der Waals surface area contributed by atoms with E-state index in [1.54, 1.807) is 17.9 Å². The van der Waals surface area contributed by atoms with Gasteiger partial charge in [0.1, 0.15) is 6.33 Å². The van der Waals surface area contributed by atoms with Crippen LogP contribution in [0, 0.1) is 0 Å². The maximum Gasteiger partial charge on any atom is 0.228 e. The molecule has 9 heteroatoms. The lowest BCUT2D eigenvalue weighted by molar-refractivity contribution is 0.782. The van der Waals surface area contributed by atoms with Crippen molar-refractivity contribution < 1.29 is 0 Å². The van der Waals surface area contributed by atoms with Gasteiger partial charge in [0.05, 0.1) is 0 Å². The molecule has 2 heterocycles. The lowest BCUT2D eigenvalue weighted by Gasteiger charge is -2.02. The van der Waals surface area contributed by atoms with Gasteiger partial charge in [0.2, 0.25) is 16.4 Å². The standard InChI is InChI=1S/C7H8ClN7S/c1-9-5-11-4(8)12-6(13-5)16-7-14-10-3-15(7)2/h3H,1-2H3,(H,9,11,12,13). The van der Waals surface area contributed by atoms with Gasteiger partial charge in [-0.15, -0.1) is 10.2 Å².